The maximum Gasteiger partial charge on any atom is 0.306 e. The van der Waals surface area contributed by atoms with Crippen LogP contribution in [0.1, 0.15) is 101 Å². The number of rotatable bonds is 24. The first-order valence-corrected chi connectivity index (χ1v) is 24.5. The quantitative estimate of drug-likeness (QED) is 0.0404. The van der Waals surface area contributed by atoms with Gasteiger partial charge in [-0.25, -0.2) is 5.06 Å². The first kappa shape index (κ1) is 54.0. The first-order valence-electron chi connectivity index (χ1n) is 24.5. The molecule has 0 aromatic heterocycles. The number of aliphatic hydroxyl groups excluding tert-OH is 1. The van der Waals surface area contributed by atoms with Crippen LogP contribution in [0.3, 0.4) is 0 Å². The second kappa shape index (κ2) is 26.2. The molecule has 69 heavy (non-hydrogen) atoms. The molecule has 3 aromatic carbocycles. The van der Waals surface area contributed by atoms with E-state index in [0.29, 0.717) is 54.8 Å². The molecule has 4 N–H and O–H groups in total. The van der Waals surface area contributed by atoms with Crippen LogP contribution in [0.25, 0.3) is 11.1 Å². The fraction of sp³-hybridized carbons (Fsp3) is 0.509. The lowest BCUT2D eigenvalue weighted by Crippen LogP contribution is -2.44. The van der Waals surface area contributed by atoms with Gasteiger partial charge in [0.15, 0.2) is 0 Å². The number of ether oxygens (including phenoxy) is 2. The van der Waals surface area contributed by atoms with Crippen LogP contribution < -0.4 is 25.6 Å². The number of hydrogen-bond donors (Lipinski definition) is 4. The minimum absolute atomic E-state index is 0.0284. The van der Waals surface area contributed by atoms with E-state index in [1.54, 1.807) is 14.0 Å². The van der Waals surface area contributed by atoms with Gasteiger partial charge in [-0.05, 0) is 112 Å². The van der Waals surface area contributed by atoms with Crippen molar-refractivity contribution in [2.24, 2.45) is 11.8 Å². The van der Waals surface area contributed by atoms with Crippen LogP contribution in [0, 0.1) is 11.8 Å². The molecule has 0 saturated carbocycles. The summed E-state index contributed by atoms with van der Waals surface area (Å²) in [4.78, 5) is 64.2. The van der Waals surface area contributed by atoms with Gasteiger partial charge >= 0.3 is 5.97 Å². The van der Waals surface area contributed by atoms with Gasteiger partial charge in [0.1, 0.15) is 23.7 Å². The zero-order valence-electron chi connectivity index (χ0n) is 42.5. The number of likely N-dealkylation sites (N-methyl/N-ethyl adjacent to an activating group) is 1. The van der Waals surface area contributed by atoms with E-state index in [2.05, 4.69) is 65.6 Å². The van der Waals surface area contributed by atoms with Gasteiger partial charge in [0.2, 0.25) is 5.91 Å². The summed E-state index contributed by atoms with van der Waals surface area (Å²) in [6, 6.07) is 21.2. The maximum absolute atomic E-state index is 15.0. The predicted molar refractivity (Wildman–Crippen MR) is 271 cm³/mol. The van der Waals surface area contributed by atoms with Gasteiger partial charge in [-0.3, -0.25) is 24.0 Å². The van der Waals surface area contributed by atoms with Gasteiger partial charge < -0.3 is 40.3 Å². The predicted octanol–water partition coefficient (Wildman–Crippen LogP) is 7.36. The van der Waals surface area contributed by atoms with Crippen LogP contribution in [0.15, 0.2) is 95.4 Å². The number of nitrogens with zero attached hydrogens (tertiary/aromatic N) is 3. The molecular weight excluding hydrogens is 873 g/mol. The molecule has 3 amide bonds. The average Bonchev–Trinajstić information content (AvgIpc) is 3.62. The number of aliphatic hydroxyl groups is 1. The van der Waals surface area contributed by atoms with Crippen LogP contribution >= 0.6 is 0 Å². The van der Waals surface area contributed by atoms with Crippen molar-refractivity contribution in [3.05, 3.63) is 112 Å². The Morgan fingerprint density at radius 1 is 0.971 bits per heavy atom. The third-order valence-electron chi connectivity index (χ3n) is 13.0. The van der Waals surface area contributed by atoms with Crippen molar-refractivity contribution in [3.63, 3.8) is 0 Å². The van der Waals surface area contributed by atoms with Crippen LogP contribution in [0.4, 0.5) is 5.69 Å². The molecule has 3 aromatic rings. The number of unbranched alkanes of at least 4 members (excludes halogenated alkanes) is 2. The van der Waals surface area contributed by atoms with Crippen molar-refractivity contribution in [1.29, 1.82) is 0 Å². The second-order valence-corrected chi connectivity index (χ2v) is 18.8. The van der Waals surface area contributed by atoms with E-state index in [-0.39, 0.29) is 54.4 Å². The highest BCUT2D eigenvalue weighted by Gasteiger charge is 2.42. The fourth-order valence-corrected chi connectivity index (χ4v) is 9.26. The fourth-order valence-electron chi connectivity index (χ4n) is 9.26. The number of anilines is 1. The van der Waals surface area contributed by atoms with Crippen LogP contribution in [-0.2, 0) is 36.9 Å². The third-order valence-corrected chi connectivity index (χ3v) is 13.0. The molecule has 374 valence electrons. The number of carbonyl (C=O) groups is 4. The summed E-state index contributed by atoms with van der Waals surface area (Å²) in [5.41, 5.74) is 9.71. The highest BCUT2D eigenvalue weighted by Crippen LogP contribution is 2.39. The minimum atomic E-state index is -0.987. The van der Waals surface area contributed by atoms with E-state index in [1.165, 1.54) is 12.0 Å². The number of amides is 3. The van der Waals surface area contributed by atoms with Gasteiger partial charge in [0.05, 0.1) is 20.3 Å². The summed E-state index contributed by atoms with van der Waals surface area (Å²) in [6.45, 7) is 10.3. The normalized spacial score (nSPS) is 18.8. The Morgan fingerprint density at radius 2 is 1.72 bits per heavy atom. The van der Waals surface area contributed by atoms with Gasteiger partial charge in [-0.2, -0.15) is 0 Å². The summed E-state index contributed by atoms with van der Waals surface area (Å²) in [6.07, 6.45) is 5.37. The smallest absolute Gasteiger partial charge is 0.306 e. The third kappa shape index (κ3) is 15.0. The van der Waals surface area contributed by atoms with Gasteiger partial charge in [-0.1, -0.05) is 75.7 Å². The summed E-state index contributed by atoms with van der Waals surface area (Å²) in [7, 11) is 9.43. The molecule has 0 unspecified atom stereocenters. The topological polar surface area (TPSA) is 162 Å². The number of para-hydroxylation sites is 1. The maximum atomic E-state index is 15.0. The number of nitrogens with one attached hydrogen (secondary N) is 3. The van der Waals surface area contributed by atoms with E-state index in [0.717, 1.165) is 53.6 Å². The minimum Gasteiger partial charge on any atom is -0.496 e. The van der Waals surface area contributed by atoms with Crippen molar-refractivity contribution in [1.82, 2.24) is 25.9 Å². The molecule has 0 fully saturated rings. The van der Waals surface area contributed by atoms with E-state index in [9.17, 15) is 24.3 Å². The molecule has 1 aliphatic carbocycles. The Hall–Kier alpha value is -5.92. The van der Waals surface area contributed by atoms with Crippen molar-refractivity contribution in [2.75, 3.05) is 59.9 Å². The Kier molecular flexibility index (Phi) is 20.5. The summed E-state index contributed by atoms with van der Waals surface area (Å²) in [5.74, 6) is -0.343. The zero-order valence-corrected chi connectivity index (χ0v) is 42.5. The molecule has 0 spiro atoms. The van der Waals surface area contributed by atoms with Gasteiger partial charge in [0, 0.05) is 80.6 Å². The Balaban J connectivity index is 1.50. The highest BCUT2D eigenvalue weighted by atomic mass is 16.7. The zero-order chi connectivity index (χ0) is 50.2. The Bertz CT molecular complexity index is 2320. The number of hydrogen-bond acceptors (Lipinski definition) is 11. The lowest BCUT2D eigenvalue weighted by atomic mass is 9.84. The number of benzene rings is 3. The molecule has 14 nitrogen and oxygen atoms in total. The standard InChI is InChI=1S/C55H76N6O8/c1-11-39-25-26-41(12-2)36(3)48(29-39)58-55(66)52-51(37(4)68-50(64)24-17-14-18-27-56-38(5)63)49(35-62)69-61(52)33-42-22-19-23-47(53(42)67-10)43-30-44(32-46(31-43)60(8)9)54(65)57-45(34-59(6)7)28-40-20-15-13-16-21-40/h13,15-16,19-23,26,30-32,36-37,41,45,48-49,62H,11-12,14,17-18,24,27-29,33-35H2,1-10H3,(H,56,63)(H,57,65)(H,58,66)/t36-,37-,41-,45-,48-,49-/m0/s1. The summed E-state index contributed by atoms with van der Waals surface area (Å²) >= 11 is 0. The number of esters is 1. The second-order valence-electron chi connectivity index (χ2n) is 18.8. The summed E-state index contributed by atoms with van der Waals surface area (Å²) in [5, 5.41) is 21.7. The molecule has 2 aliphatic rings. The molecule has 6 atom stereocenters. The van der Waals surface area contributed by atoms with Crippen molar-refractivity contribution in [3.8, 4) is 16.9 Å². The van der Waals surface area contributed by atoms with Crippen molar-refractivity contribution < 1.29 is 38.6 Å². The molecule has 1 aliphatic heterocycles. The lowest BCUT2D eigenvalue weighted by molar-refractivity contribution is -0.164. The molecule has 14 heteroatoms. The summed E-state index contributed by atoms with van der Waals surface area (Å²) < 4.78 is 12.2. The van der Waals surface area contributed by atoms with Crippen molar-refractivity contribution >= 4 is 29.4 Å². The number of hydroxylamine groups is 2. The Morgan fingerprint density at radius 3 is 2.38 bits per heavy atom. The molecule has 1 heterocycles. The highest BCUT2D eigenvalue weighted by molar-refractivity contribution is 5.97. The van der Waals surface area contributed by atoms with Crippen LogP contribution in [0.2, 0.25) is 0 Å². The molecule has 5 rings (SSSR count). The number of methoxy groups -OCH3 is 1. The molecule has 0 saturated heterocycles. The average molecular weight is 949 g/mol. The van der Waals surface area contributed by atoms with E-state index >= 15 is 0 Å². The SMILES string of the molecule is CCC1=C=C[C@H](CC)[C@H](C)[C@@H](NC(=O)C2=C([C@H](C)OC(=O)CCCCCNC(C)=O)[C@H](CO)ON2Cc2cccc(-c3cc(C(=O)N[C@@H](Cc4ccccc4)CN(C)C)cc(N(C)C)c3)c2OC)C1. The van der Waals surface area contributed by atoms with Crippen LogP contribution in [-0.4, -0.2) is 118 Å². The van der Waals surface area contributed by atoms with E-state index in [4.69, 9.17) is 14.3 Å². The van der Waals surface area contributed by atoms with E-state index < -0.39 is 30.7 Å². The first-order chi connectivity index (χ1) is 33.1. The Labute approximate surface area is 410 Å². The monoisotopic (exact) mass is 949 g/mol. The lowest BCUT2D eigenvalue weighted by Gasteiger charge is -2.30. The molecule has 0 radical (unpaired) electrons. The number of carbonyl (C=O) groups excluding carboxylic acids is 4. The van der Waals surface area contributed by atoms with Crippen molar-refractivity contribution in [2.45, 2.75) is 117 Å². The van der Waals surface area contributed by atoms with Gasteiger partial charge in [0.25, 0.3) is 11.8 Å². The molecule has 0 bridgehead atoms. The largest absolute Gasteiger partial charge is 0.496 e. The van der Waals surface area contributed by atoms with Gasteiger partial charge in [-0.15, -0.1) is 5.73 Å². The molecular formula is C55H76N6O8. The van der Waals surface area contributed by atoms with E-state index in [1.807, 2.05) is 87.7 Å². The van der Waals surface area contributed by atoms with Crippen LogP contribution in [0.5, 0.6) is 5.75 Å².